The molecule has 2 N–H and O–H groups in total. The largest absolute Gasteiger partial charge is 0.497 e. The molecule has 0 unspecified atom stereocenters. The van der Waals surface area contributed by atoms with Crippen molar-refractivity contribution in [3.05, 3.63) is 82.7 Å². The predicted molar refractivity (Wildman–Crippen MR) is 184 cm³/mol. The van der Waals surface area contributed by atoms with Crippen LogP contribution in [0.5, 0.6) is 5.75 Å². The van der Waals surface area contributed by atoms with Gasteiger partial charge in [-0.2, -0.15) is 0 Å². The number of amides is 1. The van der Waals surface area contributed by atoms with E-state index in [2.05, 4.69) is 36.4 Å². The number of methoxy groups -OCH3 is 1. The molecule has 4 fully saturated rings. The third-order valence-corrected chi connectivity index (χ3v) is 10.9. The number of halogens is 1. The molecule has 0 radical (unpaired) electrons. The Balaban J connectivity index is 1.23. The van der Waals surface area contributed by atoms with Crippen molar-refractivity contribution in [1.29, 1.82) is 0 Å². The SMILES string of the molecule is COc1ccc(CCn2c(-c3cccnc3)nc3cc(N/C(=N/[C@H]4C[C@@H]5C[C@H]([C@@H]4C)C5(C)C)N4CCNC(=O)C4)ccc3c2=O)c(F)c1. The lowest BCUT2D eigenvalue weighted by atomic mass is 9.45. The van der Waals surface area contributed by atoms with Crippen molar-refractivity contribution in [2.75, 3.05) is 32.1 Å². The van der Waals surface area contributed by atoms with Crippen molar-refractivity contribution >= 4 is 28.5 Å². The van der Waals surface area contributed by atoms with Gasteiger partial charge in [-0.3, -0.25) is 19.1 Å². The minimum Gasteiger partial charge on any atom is -0.497 e. The van der Waals surface area contributed by atoms with Crippen LogP contribution in [-0.4, -0.2) is 64.1 Å². The van der Waals surface area contributed by atoms with Crippen LogP contribution >= 0.6 is 0 Å². The molecule has 4 aromatic rings. The number of aliphatic imine (C=N–C) groups is 1. The van der Waals surface area contributed by atoms with Crippen molar-refractivity contribution in [2.45, 2.75) is 52.6 Å². The maximum atomic E-state index is 14.8. The van der Waals surface area contributed by atoms with Gasteiger partial charge in [-0.05, 0) is 84.4 Å². The lowest BCUT2D eigenvalue weighted by molar-refractivity contribution is -0.122. The fourth-order valence-electron chi connectivity index (χ4n) is 7.90. The summed E-state index contributed by atoms with van der Waals surface area (Å²) in [5, 5.41) is 6.88. The average molecular weight is 652 g/mol. The van der Waals surface area contributed by atoms with E-state index in [1.807, 2.05) is 23.1 Å². The maximum Gasteiger partial charge on any atom is 0.261 e. The Labute approximate surface area is 279 Å². The van der Waals surface area contributed by atoms with E-state index >= 15 is 0 Å². The molecule has 1 amide bonds. The zero-order valence-electron chi connectivity index (χ0n) is 27.9. The monoisotopic (exact) mass is 651 g/mol. The number of carbonyl (C=O) groups excluding carboxylic acids is 1. The molecule has 0 spiro atoms. The van der Waals surface area contributed by atoms with Crippen molar-refractivity contribution < 1.29 is 13.9 Å². The number of nitrogens with zero attached hydrogens (tertiary/aromatic N) is 5. The van der Waals surface area contributed by atoms with Crippen molar-refractivity contribution in [1.82, 2.24) is 24.8 Å². The van der Waals surface area contributed by atoms with Gasteiger partial charge in [-0.25, -0.2) is 14.4 Å². The van der Waals surface area contributed by atoms with E-state index < -0.39 is 0 Å². The molecule has 2 aromatic carbocycles. The standard InChI is InChI=1S/C37H42FN7O3/c1-22-29-16-25(37(29,2)3)17-31(22)43-36(44-15-13-40-33(46)21-44)41-26-8-10-28-32(18-26)42-34(24-6-5-12-39-20-24)45(35(28)47)14-11-23-7-9-27(48-4)19-30(23)38/h5-10,12,18-20,22,25,29,31H,11,13-17,21H2,1-4H3,(H,40,46)(H,41,43)/t22-,25-,29+,31-/m0/s1. The number of hydrogen-bond acceptors (Lipinski definition) is 6. The molecule has 11 heteroatoms. The Morgan fingerprint density at radius 1 is 1.17 bits per heavy atom. The third-order valence-electron chi connectivity index (χ3n) is 10.9. The van der Waals surface area contributed by atoms with Gasteiger partial charge in [0.2, 0.25) is 5.91 Å². The number of guanidine groups is 1. The summed E-state index contributed by atoms with van der Waals surface area (Å²) in [6, 6.07) is 14.0. The molecule has 2 bridgehead atoms. The molecule has 2 aromatic heterocycles. The van der Waals surface area contributed by atoms with Crippen LogP contribution in [0.15, 0.2) is 70.7 Å². The van der Waals surface area contributed by atoms with Crippen molar-refractivity contribution in [2.24, 2.45) is 28.2 Å². The highest BCUT2D eigenvalue weighted by Crippen LogP contribution is 2.61. The molecule has 250 valence electrons. The highest BCUT2D eigenvalue weighted by atomic mass is 19.1. The number of carbonyl (C=O) groups is 1. The Hall–Kier alpha value is -4.80. The summed E-state index contributed by atoms with van der Waals surface area (Å²) < 4.78 is 21.5. The van der Waals surface area contributed by atoms with Gasteiger partial charge in [0, 0.05) is 49.3 Å². The highest BCUT2D eigenvalue weighted by molar-refractivity contribution is 5.98. The van der Waals surface area contributed by atoms with Gasteiger partial charge in [-0.1, -0.05) is 26.8 Å². The molecule has 4 aliphatic rings. The van der Waals surface area contributed by atoms with E-state index in [1.54, 1.807) is 41.2 Å². The van der Waals surface area contributed by atoms with Gasteiger partial charge in [0.05, 0.1) is 30.6 Å². The van der Waals surface area contributed by atoms with E-state index in [0.29, 0.717) is 75.8 Å². The molecular weight excluding hydrogens is 609 g/mol. The summed E-state index contributed by atoms with van der Waals surface area (Å²) in [7, 11) is 1.50. The van der Waals surface area contributed by atoms with Crippen LogP contribution in [0.1, 0.15) is 39.2 Å². The van der Waals surface area contributed by atoms with Crippen LogP contribution in [-0.2, 0) is 17.8 Å². The van der Waals surface area contributed by atoms with Crippen LogP contribution in [0.3, 0.4) is 0 Å². The second-order valence-corrected chi connectivity index (χ2v) is 13.9. The zero-order chi connectivity index (χ0) is 33.6. The van der Waals surface area contributed by atoms with Gasteiger partial charge in [0.1, 0.15) is 17.4 Å². The number of aryl methyl sites for hydroxylation is 1. The second-order valence-electron chi connectivity index (χ2n) is 13.9. The molecule has 10 nitrogen and oxygen atoms in total. The van der Waals surface area contributed by atoms with E-state index in [4.69, 9.17) is 14.7 Å². The molecule has 3 aliphatic carbocycles. The van der Waals surface area contributed by atoms with Gasteiger partial charge in [-0.15, -0.1) is 0 Å². The molecule has 3 heterocycles. The number of nitrogens with one attached hydrogen (secondary N) is 2. The number of rotatable bonds is 7. The van der Waals surface area contributed by atoms with E-state index in [1.165, 1.54) is 19.6 Å². The normalized spacial score (nSPS) is 23.4. The van der Waals surface area contributed by atoms with Crippen LogP contribution in [0.4, 0.5) is 10.1 Å². The van der Waals surface area contributed by atoms with E-state index in [-0.39, 0.29) is 42.8 Å². The predicted octanol–water partition coefficient (Wildman–Crippen LogP) is 5.12. The first-order valence-corrected chi connectivity index (χ1v) is 16.8. The Bertz CT molecular complexity index is 1940. The zero-order valence-corrected chi connectivity index (χ0v) is 27.9. The fraction of sp³-hybridized carbons (Fsp3) is 0.432. The number of piperazine rings is 1. The molecule has 4 atom stereocenters. The number of anilines is 1. The summed E-state index contributed by atoms with van der Waals surface area (Å²) >= 11 is 0. The maximum absolute atomic E-state index is 14.8. The summed E-state index contributed by atoms with van der Waals surface area (Å²) in [6.07, 6.45) is 5.92. The minimum atomic E-state index is -0.387. The quantitative estimate of drug-likeness (QED) is 0.211. The third kappa shape index (κ3) is 5.90. The Morgan fingerprint density at radius 2 is 2.02 bits per heavy atom. The average Bonchev–Trinajstić information content (AvgIpc) is 3.08. The molecular formula is C37H42FN7O3. The molecule has 3 saturated carbocycles. The number of aromatic nitrogens is 3. The van der Waals surface area contributed by atoms with Crippen molar-refractivity contribution in [3.8, 4) is 17.1 Å². The summed E-state index contributed by atoms with van der Waals surface area (Å²) in [6.45, 7) is 8.71. The van der Waals surface area contributed by atoms with E-state index in [0.717, 1.165) is 12.1 Å². The Kier molecular flexibility index (Phi) is 8.39. The number of fused-ring (bicyclic) bond motifs is 3. The summed E-state index contributed by atoms with van der Waals surface area (Å²) in [4.78, 5) is 43.0. The number of benzene rings is 2. The molecule has 1 saturated heterocycles. The van der Waals surface area contributed by atoms with Crippen LogP contribution in [0.2, 0.25) is 0 Å². The minimum absolute atomic E-state index is 0.0345. The van der Waals surface area contributed by atoms with Crippen LogP contribution in [0, 0.1) is 29.0 Å². The van der Waals surface area contributed by atoms with Gasteiger partial charge in [0.15, 0.2) is 5.96 Å². The lowest BCUT2D eigenvalue weighted by Crippen LogP contribution is -2.57. The number of ether oxygens (including phenoxy) is 1. The first kappa shape index (κ1) is 31.8. The molecule has 8 rings (SSSR count). The van der Waals surface area contributed by atoms with Gasteiger partial charge in [0.25, 0.3) is 5.56 Å². The number of pyridine rings is 1. The smallest absolute Gasteiger partial charge is 0.261 e. The van der Waals surface area contributed by atoms with Crippen LogP contribution < -0.4 is 20.9 Å². The van der Waals surface area contributed by atoms with E-state index in [9.17, 15) is 14.0 Å². The van der Waals surface area contributed by atoms with Crippen LogP contribution in [0.25, 0.3) is 22.3 Å². The van der Waals surface area contributed by atoms with Gasteiger partial charge >= 0.3 is 0 Å². The van der Waals surface area contributed by atoms with Crippen molar-refractivity contribution in [3.63, 3.8) is 0 Å². The second kappa shape index (κ2) is 12.7. The number of hydrogen-bond donors (Lipinski definition) is 2. The molecule has 48 heavy (non-hydrogen) atoms. The lowest BCUT2D eigenvalue weighted by Gasteiger charge is -2.61. The summed E-state index contributed by atoms with van der Waals surface area (Å²) in [5.74, 6) is 2.85. The topological polar surface area (TPSA) is 114 Å². The first-order chi connectivity index (χ1) is 23.1. The highest BCUT2D eigenvalue weighted by Gasteiger charge is 2.56. The fourth-order valence-corrected chi connectivity index (χ4v) is 7.90. The molecule has 1 aliphatic heterocycles. The van der Waals surface area contributed by atoms with Gasteiger partial charge < -0.3 is 20.3 Å². The Morgan fingerprint density at radius 3 is 2.73 bits per heavy atom. The summed E-state index contributed by atoms with van der Waals surface area (Å²) in [5.41, 5.74) is 2.52. The first-order valence-electron chi connectivity index (χ1n) is 16.8.